The third-order valence-corrected chi connectivity index (χ3v) is 14.4. The lowest BCUT2D eigenvalue weighted by Gasteiger charge is -2.22. The molecule has 0 aliphatic rings. The van der Waals surface area contributed by atoms with Crippen molar-refractivity contribution in [1.82, 2.24) is 5.32 Å². The van der Waals surface area contributed by atoms with Crippen LogP contribution in [0.5, 0.6) is 0 Å². The van der Waals surface area contributed by atoms with Crippen LogP contribution in [0.2, 0.25) is 0 Å². The van der Waals surface area contributed by atoms with Crippen molar-refractivity contribution >= 4 is 5.91 Å². The van der Waals surface area contributed by atoms with Crippen molar-refractivity contribution in [2.24, 2.45) is 0 Å². The molecule has 67 heavy (non-hydrogen) atoms. The number of hydrogen-bond acceptors (Lipinski definition) is 3. The van der Waals surface area contributed by atoms with Crippen molar-refractivity contribution in [3.8, 4) is 0 Å². The number of allylic oxidation sites excluding steroid dienone is 6. The third-order valence-electron chi connectivity index (χ3n) is 14.4. The summed E-state index contributed by atoms with van der Waals surface area (Å²) in [5.41, 5.74) is 0. The maximum atomic E-state index is 12.5. The summed E-state index contributed by atoms with van der Waals surface area (Å²) in [6, 6.07) is -0.534. The fourth-order valence-corrected chi connectivity index (χ4v) is 9.73. The smallest absolute Gasteiger partial charge is 0.220 e. The van der Waals surface area contributed by atoms with Crippen LogP contribution < -0.4 is 5.32 Å². The van der Waals surface area contributed by atoms with Crippen LogP contribution in [0, 0.1) is 0 Å². The molecule has 2 unspecified atom stereocenters. The number of nitrogens with one attached hydrogen (secondary N) is 1. The summed E-state index contributed by atoms with van der Waals surface area (Å²) in [6.07, 6.45) is 80.2. The average Bonchev–Trinajstić information content (AvgIpc) is 3.33. The van der Waals surface area contributed by atoms with Gasteiger partial charge in [-0.3, -0.25) is 4.79 Å². The normalized spacial score (nSPS) is 13.0. The van der Waals surface area contributed by atoms with Crippen LogP contribution in [0.1, 0.15) is 341 Å². The zero-order chi connectivity index (χ0) is 48.5. The standard InChI is InChI=1S/C63H121NO3/c1-3-5-7-9-11-13-15-17-19-21-23-24-25-26-27-28-29-30-31-32-33-34-35-36-37-38-39-40-41-43-45-47-49-51-53-55-57-59-63(67)64-61(60-65)62(66)58-56-54-52-50-48-46-44-42-22-20-18-16-14-12-10-8-6-4-2/h15,17,21,23,25-26,61-62,65-66H,3-14,16,18-20,22,24,27-60H2,1-2H3,(H,64,67)/b17-15-,23-21-,26-25-. The van der Waals surface area contributed by atoms with E-state index in [4.69, 9.17) is 0 Å². The van der Waals surface area contributed by atoms with Gasteiger partial charge in [0.25, 0.3) is 0 Å². The molecule has 0 aromatic rings. The van der Waals surface area contributed by atoms with Crippen molar-refractivity contribution in [3.63, 3.8) is 0 Å². The largest absolute Gasteiger partial charge is 0.394 e. The van der Waals surface area contributed by atoms with Crippen LogP contribution in [0.4, 0.5) is 0 Å². The van der Waals surface area contributed by atoms with Crippen LogP contribution in [-0.4, -0.2) is 34.9 Å². The zero-order valence-electron chi connectivity index (χ0n) is 45.7. The molecule has 0 spiro atoms. The summed E-state index contributed by atoms with van der Waals surface area (Å²) in [5, 5.41) is 23.4. The molecule has 0 rings (SSSR count). The summed E-state index contributed by atoms with van der Waals surface area (Å²) in [5.74, 6) is -0.0246. The second kappa shape index (κ2) is 58.9. The molecular formula is C63H121NO3. The molecule has 0 aromatic carbocycles. The van der Waals surface area contributed by atoms with Crippen molar-refractivity contribution < 1.29 is 15.0 Å². The van der Waals surface area contributed by atoms with Crippen LogP contribution in [0.15, 0.2) is 36.5 Å². The van der Waals surface area contributed by atoms with Gasteiger partial charge in [-0.05, 0) is 51.4 Å². The molecule has 0 bridgehead atoms. The predicted octanol–water partition coefficient (Wildman–Crippen LogP) is 20.4. The highest BCUT2D eigenvalue weighted by Gasteiger charge is 2.20. The Bertz CT molecular complexity index is 1020. The molecule has 0 aliphatic heterocycles. The monoisotopic (exact) mass is 940 g/mol. The Kier molecular flexibility index (Phi) is 57.7. The van der Waals surface area contributed by atoms with E-state index in [0.29, 0.717) is 12.8 Å². The first kappa shape index (κ1) is 65.6. The van der Waals surface area contributed by atoms with E-state index in [1.165, 1.54) is 276 Å². The van der Waals surface area contributed by atoms with Crippen molar-refractivity contribution in [2.75, 3.05) is 6.61 Å². The van der Waals surface area contributed by atoms with Gasteiger partial charge in [-0.2, -0.15) is 0 Å². The Morgan fingerprint density at radius 1 is 0.358 bits per heavy atom. The second-order valence-corrected chi connectivity index (χ2v) is 21.1. The first-order valence-electron chi connectivity index (χ1n) is 30.7. The number of aliphatic hydroxyl groups is 2. The van der Waals surface area contributed by atoms with Gasteiger partial charge in [0, 0.05) is 6.42 Å². The molecule has 0 fully saturated rings. The highest BCUT2D eigenvalue weighted by atomic mass is 16.3. The summed E-state index contributed by atoms with van der Waals surface area (Å²) >= 11 is 0. The van der Waals surface area contributed by atoms with Gasteiger partial charge >= 0.3 is 0 Å². The Hall–Kier alpha value is -1.39. The summed E-state index contributed by atoms with van der Waals surface area (Å²) in [4.78, 5) is 12.5. The van der Waals surface area contributed by atoms with E-state index in [1.54, 1.807) is 0 Å². The van der Waals surface area contributed by atoms with Gasteiger partial charge in [-0.1, -0.05) is 320 Å². The number of carbonyl (C=O) groups is 1. The van der Waals surface area contributed by atoms with Crippen LogP contribution in [-0.2, 0) is 4.79 Å². The highest BCUT2D eigenvalue weighted by molar-refractivity contribution is 5.76. The number of unbranched alkanes of at least 4 members (excludes halogenated alkanes) is 44. The van der Waals surface area contributed by atoms with Gasteiger partial charge in [0.1, 0.15) is 0 Å². The summed E-state index contributed by atoms with van der Waals surface area (Å²) in [7, 11) is 0. The number of hydrogen-bond donors (Lipinski definition) is 3. The summed E-state index contributed by atoms with van der Waals surface area (Å²) < 4.78 is 0. The molecule has 0 aromatic heterocycles. The lowest BCUT2D eigenvalue weighted by atomic mass is 10.0. The van der Waals surface area contributed by atoms with Gasteiger partial charge < -0.3 is 15.5 Å². The minimum absolute atomic E-state index is 0.0246. The molecule has 4 heteroatoms. The Balaban J connectivity index is 3.39. The first-order valence-corrected chi connectivity index (χ1v) is 30.7. The molecule has 396 valence electrons. The van der Waals surface area contributed by atoms with Gasteiger partial charge in [0.2, 0.25) is 5.91 Å². The third kappa shape index (κ3) is 55.4. The van der Waals surface area contributed by atoms with E-state index in [9.17, 15) is 15.0 Å². The molecular weight excluding hydrogens is 819 g/mol. The predicted molar refractivity (Wildman–Crippen MR) is 299 cm³/mol. The molecule has 0 aliphatic carbocycles. The Morgan fingerprint density at radius 3 is 0.910 bits per heavy atom. The lowest BCUT2D eigenvalue weighted by molar-refractivity contribution is -0.123. The van der Waals surface area contributed by atoms with Crippen molar-refractivity contribution in [2.45, 2.75) is 353 Å². The van der Waals surface area contributed by atoms with E-state index in [-0.39, 0.29) is 12.5 Å². The van der Waals surface area contributed by atoms with Gasteiger partial charge in [-0.15, -0.1) is 0 Å². The topological polar surface area (TPSA) is 69.6 Å². The molecule has 0 saturated heterocycles. The second-order valence-electron chi connectivity index (χ2n) is 21.1. The lowest BCUT2D eigenvalue weighted by Crippen LogP contribution is -2.45. The van der Waals surface area contributed by atoms with E-state index in [0.717, 1.165) is 38.5 Å². The van der Waals surface area contributed by atoms with E-state index >= 15 is 0 Å². The molecule has 0 heterocycles. The number of aliphatic hydroxyl groups excluding tert-OH is 2. The first-order chi connectivity index (χ1) is 33.2. The van der Waals surface area contributed by atoms with Crippen molar-refractivity contribution in [1.29, 1.82) is 0 Å². The Labute approximate surface area is 421 Å². The quantitative estimate of drug-likeness (QED) is 0.0420. The van der Waals surface area contributed by atoms with Crippen molar-refractivity contribution in [3.05, 3.63) is 36.5 Å². The average molecular weight is 941 g/mol. The minimum Gasteiger partial charge on any atom is -0.394 e. The molecule has 4 nitrogen and oxygen atoms in total. The molecule has 0 radical (unpaired) electrons. The van der Waals surface area contributed by atoms with E-state index in [1.807, 2.05) is 0 Å². The van der Waals surface area contributed by atoms with Crippen LogP contribution in [0.3, 0.4) is 0 Å². The fourth-order valence-electron chi connectivity index (χ4n) is 9.73. The molecule has 2 atom stereocenters. The Morgan fingerprint density at radius 2 is 0.612 bits per heavy atom. The van der Waals surface area contributed by atoms with Gasteiger partial charge in [0.15, 0.2) is 0 Å². The number of amides is 1. The number of rotatable bonds is 57. The molecule has 1 amide bonds. The molecule has 0 saturated carbocycles. The minimum atomic E-state index is -0.658. The SMILES string of the molecule is CCCCCCC/C=C\C/C=C\C/C=C\CCCCCCCCCCCCCCCCCCCCCCCCC(=O)NC(CO)C(O)CCCCCCCCCCCCCCCCCCCC. The molecule has 3 N–H and O–H groups in total. The van der Waals surface area contributed by atoms with Gasteiger partial charge in [-0.25, -0.2) is 0 Å². The highest BCUT2D eigenvalue weighted by Crippen LogP contribution is 2.18. The zero-order valence-corrected chi connectivity index (χ0v) is 45.7. The maximum Gasteiger partial charge on any atom is 0.220 e. The number of carbonyl (C=O) groups excluding carboxylic acids is 1. The van der Waals surface area contributed by atoms with Gasteiger partial charge in [0.05, 0.1) is 18.8 Å². The van der Waals surface area contributed by atoms with Crippen LogP contribution in [0.25, 0.3) is 0 Å². The van der Waals surface area contributed by atoms with E-state index < -0.39 is 12.1 Å². The fraction of sp³-hybridized carbons (Fsp3) is 0.889. The maximum absolute atomic E-state index is 12.5. The summed E-state index contributed by atoms with van der Waals surface area (Å²) in [6.45, 7) is 4.38. The van der Waals surface area contributed by atoms with E-state index in [2.05, 4.69) is 55.6 Å². The van der Waals surface area contributed by atoms with Crippen LogP contribution >= 0.6 is 0 Å².